The van der Waals surface area contributed by atoms with Gasteiger partial charge in [0.1, 0.15) is 48.3 Å². The minimum atomic E-state index is -2.74. The Bertz CT molecular complexity index is 2630. The molecule has 1 heterocycles. The van der Waals surface area contributed by atoms with Crippen LogP contribution in [0.2, 0.25) is 0 Å². The van der Waals surface area contributed by atoms with Gasteiger partial charge in [-0.25, -0.2) is 9.59 Å². The van der Waals surface area contributed by atoms with Crippen LogP contribution in [-0.4, -0.2) is 211 Å². The standard InChI is InChI=1S/C57H92N12O21/c1-11-28(6)18-14-12-13-15-20-36(70)64-41(30(8)54(83)84)51(80)67-43(56(87)88)32(10)61-48(77)35-22-29(7)25-69(35)53(82)40(27(4)5)66-50(79)42(31(9)55(85)86)65-37(71)24-60-46(75)34(23-38(72)73)63-52(81)44(45(74)57(89)90)68-47(76)33(19-16-17-21-58)62-49(78)39(59)26(2)3/h12-13,15,20,26-35,39-45,74H,11,14,16-19,21-25,58-59H2,1-10H3,(H,60,75)(H,61,77)(H,62,78)(H,63,81)(H,64,70)(H,65,71)(H,66,79)(H,67,80)(H,68,76)(H,72,73)(H,83,84)(H,85,86)(H,87,88)(H,89,90)/b13-12-,20-15+/t28?,29-,30?,31?,32?,33+,34+,35+,39-,40+,41+,42-,43+,44+,45?/m1/s1. The van der Waals surface area contributed by atoms with E-state index in [0.29, 0.717) is 12.3 Å². The number of hydrogen-bond acceptors (Lipinski definition) is 18. The number of aliphatic hydroxyl groups is 1. The van der Waals surface area contributed by atoms with Crippen LogP contribution in [0.5, 0.6) is 0 Å². The monoisotopic (exact) mass is 1280 g/mol. The van der Waals surface area contributed by atoms with Crippen LogP contribution in [0, 0.1) is 35.5 Å². The van der Waals surface area contributed by atoms with Crippen molar-refractivity contribution in [3.63, 3.8) is 0 Å². The highest BCUT2D eigenvalue weighted by Gasteiger charge is 2.45. The molecule has 1 aliphatic heterocycles. The van der Waals surface area contributed by atoms with Crippen LogP contribution < -0.4 is 59.3 Å². The fourth-order valence-corrected chi connectivity index (χ4v) is 8.92. The molecular formula is C57H92N12O21. The predicted molar refractivity (Wildman–Crippen MR) is 318 cm³/mol. The highest BCUT2D eigenvalue weighted by Crippen LogP contribution is 2.26. The number of carbonyl (C=O) groups is 15. The molecule has 90 heavy (non-hydrogen) atoms. The van der Waals surface area contributed by atoms with Gasteiger partial charge in [-0.1, -0.05) is 73.1 Å². The summed E-state index contributed by atoms with van der Waals surface area (Å²) in [7, 11) is 0. The lowest BCUT2D eigenvalue weighted by atomic mass is 9.97. The second kappa shape index (κ2) is 38.7. The predicted octanol–water partition coefficient (Wildman–Crippen LogP) is -3.61. The number of aliphatic hydroxyl groups excluding tert-OH is 1. The van der Waals surface area contributed by atoms with Crippen LogP contribution >= 0.6 is 0 Å². The number of aliphatic carboxylic acids is 5. The van der Waals surface area contributed by atoms with Gasteiger partial charge in [0.15, 0.2) is 6.10 Å². The summed E-state index contributed by atoms with van der Waals surface area (Å²) in [4.78, 5) is 197. The van der Waals surface area contributed by atoms with Crippen molar-refractivity contribution in [3.05, 3.63) is 24.3 Å². The zero-order valence-electron chi connectivity index (χ0n) is 52.3. The Balaban J connectivity index is 3.37. The Labute approximate surface area is 520 Å². The number of carboxylic acids is 5. The average Bonchev–Trinajstić information content (AvgIpc) is 1.63. The van der Waals surface area contributed by atoms with E-state index in [1.807, 2.05) is 22.0 Å². The molecule has 506 valence electrons. The van der Waals surface area contributed by atoms with E-state index in [0.717, 1.165) is 44.1 Å². The number of carboxylic acid groups (broad SMARTS) is 5. The van der Waals surface area contributed by atoms with Gasteiger partial charge in [0.05, 0.1) is 36.9 Å². The molecule has 33 nitrogen and oxygen atoms in total. The molecule has 0 aromatic rings. The number of amides is 10. The third-order valence-corrected chi connectivity index (χ3v) is 14.9. The first-order chi connectivity index (χ1) is 41.9. The molecule has 0 saturated carbocycles. The van der Waals surface area contributed by atoms with Gasteiger partial charge < -0.3 is 94.9 Å². The Morgan fingerprint density at radius 3 is 1.63 bits per heavy atom. The van der Waals surface area contributed by atoms with Crippen molar-refractivity contribution in [1.29, 1.82) is 0 Å². The molecule has 0 spiro atoms. The third kappa shape index (κ3) is 26.2. The van der Waals surface area contributed by atoms with Crippen molar-refractivity contribution < 1.29 is 103 Å². The van der Waals surface area contributed by atoms with Crippen molar-refractivity contribution in [2.45, 2.75) is 187 Å². The topological polar surface area (TPSA) is 541 Å². The molecule has 33 heteroatoms. The lowest BCUT2D eigenvalue weighted by Crippen LogP contribution is -2.62. The molecule has 15 atom stereocenters. The smallest absolute Gasteiger partial charge is 0.335 e. The van der Waals surface area contributed by atoms with Gasteiger partial charge in [-0.05, 0) is 89.5 Å². The first-order valence-electron chi connectivity index (χ1n) is 29.5. The molecule has 0 bridgehead atoms. The Kier molecular flexibility index (Phi) is 34.2. The number of unbranched alkanes of at least 4 members (excludes halogenated alkanes) is 1. The number of allylic oxidation sites excluding steroid dienone is 3. The molecule has 1 rings (SSSR count). The third-order valence-electron chi connectivity index (χ3n) is 14.9. The van der Waals surface area contributed by atoms with Crippen LogP contribution in [0.25, 0.3) is 0 Å². The number of hydrogen-bond donors (Lipinski definition) is 17. The van der Waals surface area contributed by atoms with E-state index in [-0.39, 0.29) is 32.4 Å². The zero-order valence-corrected chi connectivity index (χ0v) is 52.3. The summed E-state index contributed by atoms with van der Waals surface area (Å²) in [5, 5.41) is 79.5. The van der Waals surface area contributed by atoms with Gasteiger partial charge in [-0.3, -0.25) is 62.3 Å². The molecular weight excluding hydrogens is 1190 g/mol. The molecule has 10 amide bonds. The van der Waals surface area contributed by atoms with Crippen LogP contribution in [0.1, 0.15) is 121 Å². The summed E-state index contributed by atoms with van der Waals surface area (Å²) in [5.74, 6) is -24.7. The minimum absolute atomic E-state index is 0.0112. The van der Waals surface area contributed by atoms with Crippen molar-refractivity contribution in [1.82, 2.24) is 52.8 Å². The van der Waals surface area contributed by atoms with Crippen LogP contribution in [-0.2, 0) is 71.9 Å². The second-order valence-corrected chi connectivity index (χ2v) is 23.1. The van der Waals surface area contributed by atoms with E-state index in [4.69, 9.17) is 11.5 Å². The fraction of sp³-hybridized carbons (Fsp3) is 0.667. The number of rotatable bonds is 40. The van der Waals surface area contributed by atoms with E-state index in [2.05, 4.69) is 45.7 Å². The lowest BCUT2D eigenvalue weighted by Gasteiger charge is -2.33. The zero-order chi connectivity index (χ0) is 69.0. The van der Waals surface area contributed by atoms with E-state index >= 15 is 0 Å². The summed E-state index contributed by atoms with van der Waals surface area (Å²) in [5.41, 5.74) is 11.5. The molecule has 5 unspecified atom stereocenters. The van der Waals surface area contributed by atoms with Gasteiger partial charge in [-0.2, -0.15) is 0 Å². The van der Waals surface area contributed by atoms with E-state index < -0.39 is 198 Å². The first kappa shape index (κ1) is 79.4. The van der Waals surface area contributed by atoms with Gasteiger partial charge in [-0.15, -0.1) is 0 Å². The number of nitrogens with zero attached hydrogens (tertiary/aromatic N) is 1. The Morgan fingerprint density at radius 2 is 1.12 bits per heavy atom. The molecule has 19 N–H and O–H groups in total. The maximum Gasteiger partial charge on any atom is 0.335 e. The van der Waals surface area contributed by atoms with Crippen molar-refractivity contribution in [2.24, 2.45) is 47.0 Å². The van der Waals surface area contributed by atoms with Crippen LogP contribution in [0.15, 0.2) is 24.3 Å². The Hall–Kier alpha value is -8.59. The van der Waals surface area contributed by atoms with Gasteiger partial charge >= 0.3 is 29.8 Å². The number of carbonyl (C=O) groups excluding carboxylic acids is 10. The van der Waals surface area contributed by atoms with Gasteiger partial charge in [0, 0.05) is 12.6 Å². The van der Waals surface area contributed by atoms with Gasteiger partial charge in [0.2, 0.25) is 59.1 Å². The SMILES string of the molecule is CCC(C)CC/C=C\C=C\C(=O)N[C@H](C(=O)N[C@H](C(=O)O)C(C)NC(=O)[C@@H]1C[C@@H](C)CN1C(=O)[C@@H](NC(=O)[C@H](NC(=O)CNC(=O)[C@H](CC(=O)O)NC(=O)[C@@H](NC(=O)[C@H](CCCCN)NC(=O)[C@H](N)C(C)C)C(O)C(=O)O)C(C)C(=O)O)C(C)C)C(C)C(=O)O. The summed E-state index contributed by atoms with van der Waals surface area (Å²) in [6, 6.07) is -17.3. The lowest BCUT2D eigenvalue weighted by molar-refractivity contribution is -0.153. The summed E-state index contributed by atoms with van der Waals surface area (Å²) in [6.45, 7) is 14.2. The molecule has 0 radical (unpaired) electrons. The molecule has 1 fully saturated rings. The average molecular weight is 1280 g/mol. The number of nitrogens with one attached hydrogen (secondary N) is 9. The van der Waals surface area contributed by atoms with E-state index in [9.17, 15) is 103 Å². The van der Waals surface area contributed by atoms with Gasteiger partial charge in [0.25, 0.3) is 0 Å². The second-order valence-electron chi connectivity index (χ2n) is 23.1. The highest BCUT2D eigenvalue weighted by molar-refractivity contribution is 6.01. The van der Waals surface area contributed by atoms with Crippen LogP contribution in [0.4, 0.5) is 0 Å². The molecule has 0 aliphatic carbocycles. The molecule has 1 saturated heterocycles. The normalized spacial score (nSPS) is 18.3. The first-order valence-corrected chi connectivity index (χ1v) is 29.5. The summed E-state index contributed by atoms with van der Waals surface area (Å²) < 4.78 is 0. The quantitative estimate of drug-likeness (QED) is 0.0160. The maximum absolute atomic E-state index is 14.4. The summed E-state index contributed by atoms with van der Waals surface area (Å²) >= 11 is 0. The van der Waals surface area contributed by atoms with Crippen molar-refractivity contribution in [2.75, 3.05) is 19.6 Å². The Morgan fingerprint density at radius 1 is 0.578 bits per heavy atom. The maximum atomic E-state index is 14.4. The minimum Gasteiger partial charge on any atom is -0.481 e. The number of likely N-dealkylation sites (tertiary alicyclic amines) is 1. The van der Waals surface area contributed by atoms with Crippen molar-refractivity contribution >= 4 is 88.9 Å². The van der Waals surface area contributed by atoms with E-state index in [1.54, 1.807) is 26.8 Å². The van der Waals surface area contributed by atoms with E-state index in [1.165, 1.54) is 26.8 Å². The molecule has 0 aromatic heterocycles. The highest BCUT2D eigenvalue weighted by atomic mass is 16.4. The van der Waals surface area contributed by atoms with Crippen molar-refractivity contribution in [3.8, 4) is 0 Å². The van der Waals surface area contributed by atoms with Crippen LogP contribution in [0.3, 0.4) is 0 Å². The number of nitrogens with two attached hydrogens (primary N) is 2. The largest absolute Gasteiger partial charge is 0.481 e. The molecule has 1 aliphatic rings. The fourth-order valence-electron chi connectivity index (χ4n) is 8.92. The molecule has 0 aromatic carbocycles. The summed E-state index contributed by atoms with van der Waals surface area (Å²) in [6.07, 6.45) is 4.97.